The van der Waals surface area contributed by atoms with Gasteiger partial charge in [-0.3, -0.25) is 9.69 Å². The molecule has 0 saturated heterocycles. The van der Waals surface area contributed by atoms with E-state index in [-0.39, 0.29) is 11.3 Å². The van der Waals surface area contributed by atoms with Gasteiger partial charge in [0, 0.05) is 4.88 Å². The van der Waals surface area contributed by atoms with Crippen LogP contribution in [0.4, 0.5) is 0 Å². The zero-order chi connectivity index (χ0) is 11.6. The highest BCUT2D eigenvalue weighted by Gasteiger charge is 2.34. The summed E-state index contributed by atoms with van der Waals surface area (Å²) in [5, 5.41) is 0. The summed E-state index contributed by atoms with van der Waals surface area (Å²) in [6, 6.07) is 3.93. The molecule has 0 fully saturated rings. The predicted molar refractivity (Wildman–Crippen MR) is 65.8 cm³/mol. The molecule has 0 bridgehead atoms. The van der Waals surface area contributed by atoms with Crippen LogP contribution < -0.4 is 0 Å². The smallest absolute Gasteiger partial charge is 0.192 e. The van der Waals surface area contributed by atoms with E-state index in [0.717, 1.165) is 11.3 Å². The summed E-state index contributed by atoms with van der Waals surface area (Å²) < 4.78 is 0. The molecule has 1 heterocycles. The molecule has 1 rings (SSSR count). The molecule has 0 spiro atoms. The van der Waals surface area contributed by atoms with Crippen molar-refractivity contribution >= 4 is 17.1 Å². The molecule has 1 aromatic heterocycles. The number of ketones is 1. The summed E-state index contributed by atoms with van der Waals surface area (Å²) in [6.45, 7) is 6.09. The van der Waals surface area contributed by atoms with Crippen molar-refractivity contribution in [1.82, 2.24) is 4.90 Å². The van der Waals surface area contributed by atoms with Crippen LogP contribution in [0.2, 0.25) is 0 Å². The maximum atomic E-state index is 12.3. The average molecular weight is 225 g/mol. The molecule has 0 aliphatic rings. The quantitative estimate of drug-likeness (QED) is 0.734. The molecule has 84 valence electrons. The predicted octanol–water partition coefficient (Wildman–Crippen LogP) is 2.97. The zero-order valence-electron chi connectivity index (χ0n) is 10.1. The highest BCUT2D eigenvalue weighted by molar-refractivity contribution is 7.14. The standard InChI is InChI=1S/C12H19NOS/c1-6-12(3,13(4)5)11(14)10-8-7-9(2)15-10/h7-8H,6H2,1-5H3. The summed E-state index contributed by atoms with van der Waals surface area (Å²) in [5.41, 5.74) is -0.378. The van der Waals surface area contributed by atoms with Gasteiger partial charge in [-0.15, -0.1) is 11.3 Å². The molecular formula is C12H19NOS. The second-order valence-corrected chi connectivity index (χ2v) is 5.55. The van der Waals surface area contributed by atoms with E-state index in [4.69, 9.17) is 0 Å². The van der Waals surface area contributed by atoms with Crippen LogP contribution >= 0.6 is 11.3 Å². The molecule has 15 heavy (non-hydrogen) atoms. The van der Waals surface area contributed by atoms with Gasteiger partial charge in [-0.05, 0) is 46.5 Å². The Kier molecular flexibility index (Phi) is 3.68. The van der Waals surface area contributed by atoms with Crippen molar-refractivity contribution in [3.05, 3.63) is 21.9 Å². The normalized spacial score (nSPS) is 15.3. The average Bonchev–Trinajstić information content (AvgIpc) is 2.62. The Morgan fingerprint density at radius 2 is 2.07 bits per heavy atom. The second-order valence-electron chi connectivity index (χ2n) is 4.26. The first-order valence-electron chi connectivity index (χ1n) is 5.20. The van der Waals surface area contributed by atoms with Gasteiger partial charge >= 0.3 is 0 Å². The van der Waals surface area contributed by atoms with Crippen LogP contribution in [0.3, 0.4) is 0 Å². The maximum absolute atomic E-state index is 12.3. The number of thiophene rings is 1. The molecule has 2 nitrogen and oxygen atoms in total. The van der Waals surface area contributed by atoms with Crippen molar-refractivity contribution in [1.29, 1.82) is 0 Å². The number of hydrogen-bond acceptors (Lipinski definition) is 3. The Labute approximate surface area is 95.9 Å². The van der Waals surface area contributed by atoms with Crippen molar-refractivity contribution in [2.45, 2.75) is 32.7 Å². The summed E-state index contributed by atoms with van der Waals surface area (Å²) >= 11 is 1.58. The number of likely N-dealkylation sites (N-methyl/N-ethyl adjacent to an activating group) is 1. The molecule has 0 aromatic carbocycles. The van der Waals surface area contributed by atoms with Crippen molar-refractivity contribution in [2.75, 3.05) is 14.1 Å². The maximum Gasteiger partial charge on any atom is 0.192 e. The SMILES string of the molecule is CCC(C)(C(=O)c1ccc(C)s1)N(C)C. The summed E-state index contributed by atoms with van der Waals surface area (Å²) in [7, 11) is 3.92. The third-order valence-corrected chi connectivity index (χ3v) is 4.13. The molecule has 1 atom stereocenters. The lowest BCUT2D eigenvalue weighted by atomic mass is 9.91. The van der Waals surface area contributed by atoms with Crippen LogP contribution in [0.1, 0.15) is 34.8 Å². The molecule has 0 N–H and O–H groups in total. The van der Waals surface area contributed by atoms with Crippen LogP contribution in [0.25, 0.3) is 0 Å². The minimum atomic E-state index is -0.378. The van der Waals surface area contributed by atoms with Gasteiger partial charge in [-0.25, -0.2) is 0 Å². The van der Waals surface area contributed by atoms with E-state index in [1.54, 1.807) is 11.3 Å². The number of rotatable bonds is 4. The number of carbonyl (C=O) groups is 1. The molecule has 0 amide bonds. The summed E-state index contributed by atoms with van der Waals surface area (Å²) in [5.74, 6) is 0.230. The van der Waals surface area contributed by atoms with Gasteiger partial charge in [0.25, 0.3) is 0 Å². The van der Waals surface area contributed by atoms with Gasteiger partial charge in [0.2, 0.25) is 0 Å². The van der Waals surface area contributed by atoms with Crippen molar-refractivity contribution in [2.24, 2.45) is 0 Å². The number of hydrogen-bond donors (Lipinski definition) is 0. The lowest BCUT2D eigenvalue weighted by Gasteiger charge is -2.33. The molecule has 3 heteroatoms. The first kappa shape index (κ1) is 12.4. The Bertz CT molecular complexity index is 356. The van der Waals surface area contributed by atoms with E-state index in [1.807, 2.05) is 45.0 Å². The summed E-state index contributed by atoms with van der Waals surface area (Å²) in [4.78, 5) is 16.4. The topological polar surface area (TPSA) is 20.3 Å². The van der Waals surface area contributed by atoms with Crippen molar-refractivity contribution < 1.29 is 4.79 Å². The van der Waals surface area contributed by atoms with Crippen LogP contribution in [-0.2, 0) is 0 Å². The highest BCUT2D eigenvalue weighted by Crippen LogP contribution is 2.26. The fraction of sp³-hybridized carbons (Fsp3) is 0.583. The van der Waals surface area contributed by atoms with Crippen LogP contribution in [0.15, 0.2) is 12.1 Å². The van der Waals surface area contributed by atoms with Gasteiger partial charge in [0.15, 0.2) is 5.78 Å². The number of aryl methyl sites for hydroxylation is 1. The van der Waals surface area contributed by atoms with Crippen molar-refractivity contribution in [3.63, 3.8) is 0 Å². The van der Waals surface area contributed by atoms with Gasteiger partial charge in [-0.1, -0.05) is 6.92 Å². The van der Waals surface area contributed by atoms with Crippen LogP contribution in [-0.4, -0.2) is 30.3 Å². The van der Waals surface area contributed by atoms with E-state index < -0.39 is 0 Å². The Hall–Kier alpha value is -0.670. The van der Waals surface area contributed by atoms with E-state index in [0.29, 0.717) is 0 Å². The van der Waals surface area contributed by atoms with Crippen LogP contribution in [0, 0.1) is 6.92 Å². The number of carbonyl (C=O) groups excluding carboxylic acids is 1. The molecule has 0 aliphatic carbocycles. The molecule has 1 unspecified atom stereocenters. The van der Waals surface area contributed by atoms with Gasteiger partial charge in [0.05, 0.1) is 10.4 Å². The lowest BCUT2D eigenvalue weighted by molar-refractivity contribution is 0.0715. The first-order chi connectivity index (χ1) is 6.91. The van der Waals surface area contributed by atoms with E-state index in [1.165, 1.54) is 4.88 Å². The number of Topliss-reactive ketones (excluding diaryl/α,β-unsaturated/α-hetero) is 1. The summed E-state index contributed by atoms with van der Waals surface area (Å²) in [6.07, 6.45) is 0.829. The third-order valence-electron chi connectivity index (χ3n) is 3.13. The Morgan fingerprint density at radius 3 is 2.40 bits per heavy atom. The molecule has 1 aromatic rings. The molecule has 0 aliphatic heterocycles. The third kappa shape index (κ3) is 2.29. The lowest BCUT2D eigenvalue weighted by Crippen LogP contribution is -2.47. The van der Waals surface area contributed by atoms with Gasteiger partial charge in [0.1, 0.15) is 0 Å². The Balaban J connectivity index is 3.02. The molecule has 0 radical (unpaired) electrons. The Morgan fingerprint density at radius 1 is 1.47 bits per heavy atom. The molecular weight excluding hydrogens is 206 g/mol. The largest absolute Gasteiger partial charge is 0.297 e. The first-order valence-corrected chi connectivity index (χ1v) is 6.02. The van der Waals surface area contributed by atoms with E-state index in [2.05, 4.69) is 6.92 Å². The van der Waals surface area contributed by atoms with Gasteiger partial charge in [-0.2, -0.15) is 0 Å². The van der Waals surface area contributed by atoms with Gasteiger partial charge < -0.3 is 0 Å². The second kappa shape index (κ2) is 4.45. The van der Waals surface area contributed by atoms with Crippen molar-refractivity contribution in [3.8, 4) is 0 Å². The zero-order valence-corrected chi connectivity index (χ0v) is 10.9. The van der Waals surface area contributed by atoms with E-state index in [9.17, 15) is 4.79 Å². The monoisotopic (exact) mass is 225 g/mol. The minimum absolute atomic E-state index is 0.230. The molecule has 0 saturated carbocycles. The fourth-order valence-corrected chi connectivity index (χ4v) is 2.43. The minimum Gasteiger partial charge on any atom is -0.297 e. The fourth-order valence-electron chi connectivity index (χ4n) is 1.50. The van der Waals surface area contributed by atoms with Crippen LogP contribution in [0.5, 0.6) is 0 Å². The van der Waals surface area contributed by atoms with E-state index >= 15 is 0 Å². The number of nitrogens with zero attached hydrogens (tertiary/aromatic N) is 1. The highest BCUT2D eigenvalue weighted by atomic mass is 32.1.